The minimum Gasteiger partial charge on any atom is -0.150 e. The zero-order valence-electron chi connectivity index (χ0n) is 13.6. The van der Waals surface area contributed by atoms with Crippen LogP contribution >= 0.6 is 0 Å². The summed E-state index contributed by atoms with van der Waals surface area (Å²) in [7, 11) is 0. The molecule has 0 bridgehead atoms. The van der Waals surface area contributed by atoms with Crippen LogP contribution in [0.5, 0.6) is 0 Å². The van der Waals surface area contributed by atoms with Crippen LogP contribution in [0.15, 0.2) is 16.8 Å². The van der Waals surface area contributed by atoms with Crippen molar-refractivity contribution in [3.8, 4) is 0 Å². The summed E-state index contributed by atoms with van der Waals surface area (Å²) in [6.45, 7) is 4.93. The van der Waals surface area contributed by atoms with E-state index in [0.29, 0.717) is 5.41 Å². The number of hydrogen-bond donors (Lipinski definition) is 0. The number of fused-ring (bicyclic) bond motifs is 5. The van der Waals surface area contributed by atoms with E-state index in [9.17, 15) is 4.91 Å². The normalized spacial score (nSPS) is 52.4. The van der Waals surface area contributed by atoms with Crippen LogP contribution in [0.2, 0.25) is 0 Å². The van der Waals surface area contributed by atoms with E-state index < -0.39 is 0 Å². The monoisotopic (exact) mass is 287 g/mol. The van der Waals surface area contributed by atoms with Crippen LogP contribution in [0, 0.1) is 33.5 Å². The SMILES string of the molecule is C[C@]12CCCCC1=CC[C@@H]1[C@H]2CC[C@]2(C)C(N=O)CC[C@@H]12. The van der Waals surface area contributed by atoms with Crippen molar-refractivity contribution >= 4 is 0 Å². The molecule has 4 aliphatic rings. The lowest BCUT2D eigenvalue weighted by Gasteiger charge is -2.57. The molecule has 116 valence electrons. The molecule has 0 aliphatic heterocycles. The number of nitroso groups, excluding NO2 is 1. The van der Waals surface area contributed by atoms with Gasteiger partial charge in [0.1, 0.15) is 0 Å². The Kier molecular flexibility index (Phi) is 3.10. The molecule has 0 aromatic rings. The Bertz CT molecular complexity index is 484. The fourth-order valence-corrected chi connectivity index (χ4v) is 6.84. The first kappa shape index (κ1) is 14.0. The van der Waals surface area contributed by atoms with Gasteiger partial charge in [-0.1, -0.05) is 37.1 Å². The summed E-state index contributed by atoms with van der Waals surface area (Å²) in [5.41, 5.74) is 2.47. The molecular formula is C19H29NO. The molecule has 1 unspecified atom stereocenters. The molecule has 3 saturated carbocycles. The Balaban J connectivity index is 1.69. The molecule has 4 aliphatic carbocycles. The maximum Gasteiger partial charge on any atom is 0.0975 e. The summed E-state index contributed by atoms with van der Waals surface area (Å²) in [4.78, 5) is 11.3. The molecule has 6 atom stereocenters. The van der Waals surface area contributed by atoms with Crippen molar-refractivity contribution in [3.05, 3.63) is 16.6 Å². The standard InChI is InChI=1S/C19H29NO/c1-18-11-4-3-5-13(18)6-7-14-15-8-9-17(20-21)19(15,2)12-10-16(14)18/h6,14-17H,3-5,7-12H2,1-2H3/t14-,15-,16+,17?,18-,19-/m0/s1. The third-order valence-electron chi connectivity index (χ3n) is 8.09. The molecule has 2 heteroatoms. The van der Waals surface area contributed by atoms with Crippen LogP contribution in [0.4, 0.5) is 0 Å². The molecule has 0 aromatic heterocycles. The largest absolute Gasteiger partial charge is 0.150 e. The van der Waals surface area contributed by atoms with Gasteiger partial charge >= 0.3 is 0 Å². The second kappa shape index (κ2) is 4.67. The molecule has 0 heterocycles. The zero-order chi connectivity index (χ0) is 14.7. The first-order valence-electron chi connectivity index (χ1n) is 9.11. The number of hydrogen-bond acceptors (Lipinski definition) is 2. The average molecular weight is 287 g/mol. The first-order chi connectivity index (χ1) is 10.1. The fraction of sp³-hybridized carbons (Fsp3) is 0.895. The van der Waals surface area contributed by atoms with Crippen LogP contribution in [-0.2, 0) is 0 Å². The van der Waals surface area contributed by atoms with Crippen LogP contribution < -0.4 is 0 Å². The van der Waals surface area contributed by atoms with Gasteiger partial charge in [0, 0.05) is 0 Å². The Morgan fingerprint density at radius 2 is 1.95 bits per heavy atom. The van der Waals surface area contributed by atoms with E-state index in [-0.39, 0.29) is 11.5 Å². The molecule has 0 spiro atoms. The van der Waals surface area contributed by atoms with Gasteiger partial charge in [-0.2, -0.15) is 4.91 Å². The quantitative estimate of drug-likeness (QED) is 0.464. The Morgan fingerprint density at radius 1 is 1.10 bits per heavy atom. The first-order valence-corrected chi connectivity index (χ1v) is 9.11. The molecular weight excluding hydrogens is 258 g/mol. The van der Waals surface area contributed by atoms with E-state index in [0.717, 1.165) is 24.2 Å². The lowest BCUT2D eigenvalue weighted by atomic mass is 9.48. The highest BCUT2D eigenvalue weighted by atomic mass is 16.3. The minimum atomic E-state index is 0.0907. The third-order valence-corrected chi connectivity index (χ3v) is 8.09. The fourth-order valence-electron chi connectivity index (χ4n) is 6.84. The van der Waals surface area contributed by atoms with Crippen molar-refractivity contribution in [2.24, 2.45) is 33.8 Å². The van der Waals surface area contributed by atoms with Crippen molar-refractivity contribution in [2.75, 3.05) is 0 Å². The van der Waals surface area contributed by atoms with Gasteiger partial charge in [0.25, 0.3) is 0 Å². The topological polar surface area (TPSA) is 29.4 Å². The van der Waals surface area contributed by atoms with Crippen LogP contribution in [0.1, 0.15) is 71.6 Å². The zero-order valence-corrected chi connectivity index (χ0v) is 13.6. The smallest absolute Gasteiger partial charge is 0.0975 e. The number of nitrogens with zero attached hydrogens (tertiary/aromatic N) is 1. The summed E-state index contributed by atoms with van der Waals surface area (Å²) in [6, 6.07) is 0.0907. The molecule has 0 saturated heterocycles. The van der Waals surface area contributed by atoms with Gasteiger partial charge in [-0.15, -0.1) is 0 Å². The van der Waals surface area contributed by atoms with Gasteiger partial charge in [0.15, 0.2) is 0 Å². The van der Waals surface area contributed by atoms with Gasteiger partial charge in [0.2, 0.25) is 0 Å². The summed E-state index contributed by atoms with van der Waals surface area (Å²) in [5.74, 6) is 2.44. The lowest BCUT2D eigenvalue weighted by Crippen LogP contribution is -2.50. The number of allylic oxidation sites excluding steroid dienone is 2. The van der Waals surface area contributed by atoms with Gasteiger partial charge in [0.05, 0.1) is 6.04 Å². The van der Waals surface area contributed by atoms with Gasteiger partial charge in [-0.25, -0.2) is 0 Å². The van der Waals surface area contributed by atoms with Gasteiger partial charge in [-0.05, 0) is 80.0 Å². The summed E-state index contributed by atoms with van der Waals surface area (Å²) in [5, 5.41) is 3.51. The second-order valence-corrected chi connectivity index (χ2v) is 8.71. The number of rotatable bonds is 1. The predicted molar refractivity (Wildman–Crippen MR) is 85.9 cm³/mol. The Hall–Kier alpha value is -0.660. The van der Waals surface area contributed by atoms with E-state index in [4.69, 9.17) is 0 Å². The lowest BCUT2D eigenvalue weighted by molar-refractivity contribution is -0.0297. The van der Waals surface area contributed by atoms with E-state index in [1.54, 1.807) is 5.57 Å². The Labute approximate surface area is 128 Å². The highest BCUT2D eigenvalue weighted by Gasteiger charge is 2.58. The molecule has 0 amide bonds. The van der Waals surface area contributed by atoms with Gasteiger partial charge in [-0.3, -0.25) is 0 Å². The van der Waals surface area contributed by atoms with Crippen LogP contribution in [0.25, 0.3) is 0 Å². The minimum absolute atomic E-state index is 0.0907. The maximum absolute atomic E-state index is 11.3. The van der Waals surface area contributed by atoms with Crippen molar-refractivity contribution in [2.45, 2.75) is 77.7 Å². The van der Waals surface area contributed by atoms with E-state index in [2.05, 4.69) is 25.1 Å². The predicted octanol–water partition coefficient (Wildman–Crippen LogP) is 5.47. The average Bonchev–Trinajstić information content (AvgIpc) is 2.83. The molecule has 0 aromatic carbocycles. The molecule has 0 radical (unpaired) electrons. The van der Waals surface area contributed by atoms with E-state index >= 15 is 0 Å². The third kappa shape index (κ3) is 1.77. The highest BCUT2D eigenvalue weighted by Crippen LogP contribution is 2.65. The van der Waals surface area contributed by atoms with Gasteiger partial charge < -0.3 is 0 Å². The second-order valence-electron chi connectivity index (χ2n) is 8.71. The summed E-state index contributed by atoms with van der Waals surface area (Å²) in [6.07, 6.45) is 14.3. The van der Waals surface area contributed by atoms with Crippen LogP contribution in [0.3, 0.4) is 0 Å². The van der Waals surface area contributed by atoms with E-state index in [1.165, 1.54) is 51.4 Å². The van der Waals surface area contributed by atoms with Crippen molar-refractivity contribution in [3.63, 3.8) is 0 Å². The highest BCUT2D eigenvalue weighted by molar-refractivity contribution is 5.24. The van der Waals surface area contributed by atoms with Crippen LogP contribution in [-0.4, -0.2) is 6.04 Å². The molecule has 4 rings (SSSR count). The molecule has 2 nitrogen and oxygen atoms in total. The maximum atomic E-state index is 11.3. The van der Waals surface area contributed by atoms with Crippen molar-refractivity contribution < 1.29 is 0 Å². The van der Waals surface area contributed by atoms with E-state index in [1.807, 2.05) is 0 Å². The summed E-state index contributed by atoms with van der Waals surface area (Å²) < 4.78 is 0. The molecule has 21 heavy (non-hydrogen) atoms. The van der Waals surface area contributed by atoms with Crippen molar-refractivity contribution in [1.82, 2.24) is 0 Å². The molecule has 3 fully saturated rings. The van der Waals surface area contributed by atoms with Crippen molar-refractivity contribution in [1.29, 1.82) is 0 Å². The Morgan fingerprint density at radius 3 is 2.76 bits per heavy atom. The summed E-state index contributed by atoms with van der Waals surface area (Å²) >= 11 is 0. The molecule has 0 N–H and O–H groups in total.